The zero-order valence-corrected chi connectivity index (χ0v) is 7.47. The highest BCUT2D eigenvalue weighted by Crippen LogP contribution is 1.96. The molecule has 0 aliphatic carbocycles. The van der Waals surface area contributed by atoms with E-state index >= 15 is 0 Å². The Morgan fingerprint density at radius 3 is 3.17 bits per heavy atom. The Morgan fingerprint density at radius 2 is 2.58 bits per heavy atom. The average Bonchev–Trinajstić information content (AvgIpc) is 2.53. The smallest absolute Gasteiger partial charge is 0.243 e. The van der Waals surface area contributed by atoms with Gasteiger partial charge in [-0.25, -0.2) is 0 Å². The van der Waals surface area contributed by atoms with Gasteiger partial charge in [0.2, 0.25) is 5.91 Å². The quantitative estimate of drug-likeness (QED) is 0.600. The summed E-state index contributed by atoms with van der Waals surface area (Å²) in [5.41, 5.74) is 0. The lowest BCUT2D eigenvalue weighted by molar-refractivity contribution is -0.117. The molecule has 1 rings (SSSR count). The molecule has 1 aliphatic heterocycles. The highest BCUT2D eigenvalue weighted by atomic mass is 16.1. The monoisotopic (exact) mass is 168 g/mol. The second-order valence-electron chi connectivity index (χ2n) is 3.01. The van der Waals surface area contributed by atoms with Crippen LogP contribution in [0.5, 0.6) is 0 Å². The van der Waals surface area contributed by atoms with E-state index in [2.05, 4.69) is 10.6 Å². The van der Waals surface area contributed by atoms with Gasteiger partial charge in [-0.05, 0) is 25.5 Å². The van der Waals surface area contributed by atoms with E-state index in [-0.39, 0.29) is 5.91 Å². The lowest BCUT2D eigenvalue weighted by Gasteiger charge is -2.08. The van der Waals surface area contributed by atoms with Gasteiger partial charge in [-0.1, -0.05) is 13.0 Å². The molecule has 68 valence electrons. The van der Waals surface area contributed by atoms with Crippen LogP contribution in [0.4, 0.5) is 0 Å². The van der Waals surface area contributed by atoms with Gasteiger partial charge in [0.15, 0.2) is 0 Å². The van der Waals surface area contributed by atoms with Gasteiger partial charge in [-0.3, -0.25) is 4.79 Å². The molecule has 0 spiro atoms. The molecule has 12 heavy (non-hydrogen) atoms. The van der Waals surface area contributed by atoms with E-state index in [9.17, 15) is 4.79 Å². The van der Waals surface area contributed by atoms with Crippen LogP contribution in [0.1, 0.15) is 19.8 Å². The molecule has 1 heterocycles. The maximum atomic E-state index is 11.1. The summed E-state index contributed by atoms with van der Waals surface area (Å²) in [7, 11) is 0. The Morgan fingerprint density at radius 1 is 1.75 bits per heavy atom. The first-order valence-corrected chi connectivity index (χ1v) is 4.50. The molecule has 3 nitrogen and oxygen atoms in total. The molecule has 1 aliphatic rings. The maximum absolute atomic E-state index is 11.1. The summed E-state index contributed by atoms with van der Waals surface area (Å²) in [6.07, 6.45) is 5.44. The van der Waals surface area contributed by atoms with Gasteiger partial charge in [-0.2, -0.15) is 0 Å². The van der Waals surface area contributed by atoms with Crippen molar-refractivity contribution in [2.75, 3.05) is 13.1 Å². The third-order valence-corrected chi connectivity index (χ3v) is 1.91. The van der Waals surface area contributed by atoms with Crippen molar-refractivity contribution in [2.45, 2.75) is 25.8 Å². The van der Waals surface area contributed by atoms with Crippen LogP contribution in [0.2, 0.25) is 0 Å². The lowest BCUT2D eigenvalue weighted by atomic mass is 10.2. The van der Waals surface area contributed by atoms with Crippen molar-refractivity contribution in [3.8, 4) is 0 Å². The van der Waals surface area contributed by atoms with Crippen molar-refractivity contribution in [1.82, 2.24) is 10.6 Å². The average molecular weight is 168 g/mol. The van der Waals surface area contributed by atoms with Crippen molar-refractivity contribution in [3.63, 3.8) is 0 Å². The summed E-state index contributed by atoms with van der Waals surface area (Å²) >= 11 is 0. The molecule has 0 aromatic carbocycles. The van der Waals surface area contributed by atoms with E-state index in [1.54, 1.807) is 6.08 Å². The predicted molar refractivity (Wildman–Crippen MR) is 48.8 cm³/mol. The maximum Gasteiger partial charge on any atom is 0.243 e. The number of carbonyl (C=O) groups is 1. The van der Waals surface area contributed by atoms with Crippen LogP contribution in [0.3, 0.4) is 0 Å². The Hall–Kier alpha value is -0.830. The summed E-state index contributed by atoms with van der Waals surface area (Å²) in [5.74, 6) is 0.0329. The highest BCUT2D eigenvalue weighted by molar-refractivity contribution is 5.87. The van der Waals surface area contributed by atoms with E-state index in [0.717, 1.165) is 25.9 Å². The molecule has 0 aromatic rings. The first kappa shape index (κ1) is 9.26. The molecule has 1 unspecified atom stereocenters. The van der Waals surface area contributed by atoms with Crippen LogP contribution in [0, 0.1) is 0 Å². The van der Waals surface area contributed by atoms with Gasteiger partial charge in [0.05, 0.1) is 0 Å². The Bertz CT molecular complexity index is 171. The van der Waals surface area contributed by atoms with Gasteiger partial charge < -0.3 is 10.6 Å². The minimum Gasteiger partial charge on any atom is -0.349 e. The second kappa shape index (κ2) is 4.93. The van der Waals surface area contributed by atoms with E-state index in [1.807, 2.05) is 13.0 Å². The number of nitrogens with one attached hydrogen (secondary N) is 2. The fraction of sp³-hybridized carbons (Fsp3) is 0.667. The van der Waals surface area contributed by atoms with Gasteiger partial charge in [0.1, 0.15) is 0 Å². The fourth-order valence-corrected chi connectivity index (χ4v) is 1.25. The number of amides is 1. The minimum atomic E-state index is 0.0329. The lowest BCUT2D eigenvalue weighted by Crippen LogP contribution is -2.35. The van der Waals surface area contributed by atoms with E-state index in [4.69, 9.17) is 0 Å². The van der Waals surface area contributed by atoms with Gasteiger partial charge >= 0.3 is 0 Å². The molecule has 0 bridgehead atoms. The number of hydrogen-bond acceptors (Lipinski definition) is 2. The molecule has 1 atom stereocenters. The van der Waals surface area contributed by atoms with E-state index < -0.39 is 0 Å². The second-order valence-corrected chi connectivity index (χ2v) is 3.01. The third kappa shape index (κ3) is 3.05. The van der Waals surface area contributed by atoms with Crippen LogP contribution in [-0.4, -0.2) is 25.0 Å². The number of hydrogen-bond donors (Lipinski definition) is 2. The first-order chi connectivity index (χ1) is 5.83. The normalized spacial score (nSPS) is 23.2. The summed E-state index contributed by atoms with van der Waals surface area (Å²) in [6, 6.07) is 0.332. The first-order valence-electron chi connectivity index (χ1n) is 4.50. The molecule has 1 fully saturated rings. The van der Waals surface area contributed by atoms with Gasteiger partial charge in [0, 0.05) is 12.6 Å². The Kier molecular flexibility index (Phi) is 3.80. The number of allylic oxidation sites excluding steroid dienone is 1. The summed E-state index contributed by atoms with van der Waals surface area (Å²) in [6.45, 7) is 3.94. The Balaban J connectivity index is 2.20. The largest absolute Gasteiger partial charge is 0.349 e. The van der Waals surface area contributed by atoms with Crippen molar-refractivity contribution in [1.29, 1.82) is 0 Å². The standard InChI is InChI=1S/C9H16N2O/c1-2-3-4-9(12)11-8-5-6-10-7-8/h3-4,8,10H,2,5-7H2,1H3,(H,11,12)/b4-3+. The Labute approximate surface area is 73.2 Å². The summed E-state index contributed by atoms with van der Waals surface area (Å²) in [4.78, 5) is 11.1. The van der Waals surface area contributed by atoms with E-state index in [0.29, 0.717) is 6.04 Å². The molecular formula is C9H16N2O. The zero-order chi connectivity index (χ0) is 8.81. The van der Waals surface area contributed by atoms with Crippen molar-refractivity contribution < 1.29 is 4.79 Å². The highest BCUT2D eigenvalue weighted by Gasteiger charge is 2.14. The molecular weight excluding hydrogens is 152 g/mol. The van der Waals surface area contributed by atoms with Crippen LogP contribution < -0.4 is 10.6 Å². The molecule has 0 aromatic heterocycles. The van der Waals surface area contributed by atoms with Gasteiger partial charge in [-0.15, -0.1) is 0 Å². The van der Waals surface area contributed by atoms with Crippen LogP contribution in [0.15, 0.2) is 12.2 Å². The molecule has 0 radical (unpaired) electrons. The fourth-order valence-electron chi connectivity index (χ4n) is 1.25. The summed E-state index contributed by atoms with van der Waals surface area (Å²) in [5, 5.41) is 6.12. The molecule has 1 saturated heterocycles. The van der Waals surface area contributed by atoms with Crippen molar-refractivity contribution >= 4 is 5.91 Å². The molecule has 1 amide bonds. The molecule has 2 N–H and O–H groups in total. The minimum absolute atomic E-state index is 0.0329. The van der Waals surface area contributed by atoms with Crippen molar-refractivity contribution in [3.05, 3.63) is 12.2 Å². The summed E-state index contributed by atoms with van der Waals surface area (Å²) < 4.78 is 0. The van der Waals surface area contributed by atoms with E-state index in [1.165, 1.54) is 0 Å². The third-order valence-electron chi connectivity index (χ3n) is 1.91. The molecule has 0 saturated carbocycles. The number of carbonyl (C=O) groups excluding carboxylic acids is 1. The SMILES string of the molecule is CC/C=C/C(=O)NC1CCNC1. The predicted octanol–water partition coefficient (Wildman–Crippen LogP) is 0.431. The van der Waals surface area contributed by atoms with Crippen LogP contribution >= 0.6 is 0 Å². The van der Waals surface area contributed by atoms with Gasteiger partial charge in [0.25, 0.3) is 0 Å². The van der Waals surface area contributed by atoms with Crippen molar-refractivity contribution in [2.24, 2.45) is 0 Å². The number of rotatable bonds is 3. The molecule has 3 heteroatoms. The zero-order valence-electron chi connectivity index (χ0n) is 7.47. The topological polar surface area (TPSA) is 41.1 Å². The van der Waals surface area contributed by atoms with Crippen LogP contribution in [-0.2, 0) is 4.79 Å². The van der Waals surface area contributed by atoms with Crippen LogP contribution in [0.25, 0.3) is 0 Å².